The summed E-state index contributed by atoms with van der Waals surface area (Å²) in [6, 6.07) is 12.4. The van der Waals surface area contributed by atoms with Crippen molar-refractivity contribution >= 4 is 40.8 Å². The van der Waals surface area contributed by atoms with Gasteiger partial charge in [0.1, 0.15) is 0 Å². The topological polar surface area (TPSA) is 58.2 Å². The zero-order valence-electron chi connectivity index (χ0n) is 11.8. The molecule has 0 saturated carbocycles. The lowest BCUT2D eigenvalue weighted by atomic mass is 10.0. The first-order chi connectivity index (χ1) is 10.6. The van der Waals surface area contributed by atoms with Gasteiger partial charge in [-0.05, 0) is 35.9 Å². The van der Waals surface area contributed by atoms with Gasteiger partial charge in [-0.3, -0.25) is 9.59 Å². The van der Waals surface area contributed by atoms with Crippen LogP contribution in [0.1, 0.15) is 21.5 Å². The van der Waals surface area contributed by atoms with Crippen LogP contribution in [0.15, 0.2) is 42.5 Å². The zero-order valence-corrected chi connectivity index (χ0v) is 12.6. The molecule has 110 valence electrons. The quantitative estimate of drug-likeness (QED) is 0.837. The molecule has 0 aromatic heterocycles. The number of benzene rings is 2. The molecule has 4 nitrogen and oxygen atoms in total. The summed E-state index contributed by atoms with van der Waals surface area (Å²) >= 11 is 5.93. The van der Waals surface area contributed by atoms with Crippen LogP contribution in [0.5, 0.6) is 0 Å². The molecule has 2 aromatic carbocycles. The lowest BCUT2D eigenvalue weighted by molar-refractivity contribution is -0.110. The fraction of sp³-hybridized carbons (Fsp3) is 0.0588. The average molecular weight is 313 g/mol. The SMILES string of the molecule is CNC(=O)c1ccc(C=C2C(=O)Nc3cc(Cl)ccc32)cc1. The molecule has 0 radical (unpaired) electrons. The molecule has 0 spiro atoms. The molecule has 1 heterocycles. The number of halogens is 1. The third-order valence-corrected chi connectivity index (χ3v) is 3.71. The summed E-state index contributed by atoms with van der Waals surface area (Å²) in [5.74, 6) is -0.301. The van der Waals surface area contributed by atoms with Crippen molar-refractivity contribution < 1.29 is 9.59 Å². The Labute approximate surface area is 132 Å². The number of rotatable bonds is 2. The first kappa shape index (κ1) is 14.4. The minimum Gasteiger partial charge on any atom is -0.355 e. The Morgan fingerprint density at radius 2 is 1.91 bits per heavy atom. The number of hydrogen-bond donors (Lipinski definition) is 2. The van der Waals surface area contributed by atoms with E-state index in [1.165, 1.54) is 0 Å². The maximum atomic E-state index is 12.1. The van der Waals surface area contributed by atoms with E-state index in [2.05, 4.69) is 10.6 Å². The van der Waals surface area contributed by atoms with Crippen molar-refractivity contribution in [1.82, 2.24) is 5.32 Å². The number of hydrogen-bond acceptors (Lipinski definition) is 2. The predicted molar refractivity (Wildman–Crippen MR) is 87.8 cm³/mol. The fourth-order valence-corrected chi connectivity index (χ4v) is 2.52. The Kier molecular flexibility index (Phi) is 3.69. The Hall–Kier alpha value is -2.59. The van der Waals surface area contributed by atoms with Crippen LogP contribution in [0, 0.1) is 0 Å². The molecular weight excluding hydrogens is 300 g/mol. The molecule has 0 bridgehead atoms. The summed E-state index contributed by atoms with van der Waals surface area (Å²) in [4.78, 5) is 23.6. The Morgan fingerprint density at radius 3 is 2.59 bits per heavy atom. The van der Waals surface area contributed by atoms with Crippen LogP contribution in [-0.2, 0) is 4.79 Å². The van der Waals surface area contributed by atoms with Crippen molar-refractivity contribution in [2.24, 2.45) is 0 Å². The van der Waals surface area contributed by atoms with Crippen LogP contribution in [0.2, 0.25) is 5.02 Å². The minimum atomic E-state index is -0.160. The van der Waals surface area contributed by atoms with E-state index in [-0.39, 0.29) is 11.8 Å². The summed E-state index contributed by atoms with van der Waals surface area (Å²) in [5, 5.41) is 5.94. The maximum Gasteiger partial charge on any atom is 0.256 e. The second-order valence-electron chi connectivity index (χ2n) is 4.90. The molecule has 0 unspecified atom stereocenters. The van der Waals surface area contributed by atoms with Crippen LogP contribution < -0.4 is 10.6 Å². The van der Waals surface area contributed by atoms with Gasteiger partial charge in [0.05, 0.1) is 5.69 Å². The van der Waals surface area contributed by atoms with E-state index in [1.807, 2.05) is 6.07 Å². The van der Waals surface area contributed by atoms with Gasteiger partial charge >= 0.3 is 0 Å². The molecule has 2 N–H and O–H groups in total. The van der Waals surface area contributed by atoms with Gasteiger partial charge in [-0.1, -0.05) is 29.8 Å². The van der Waals surface area contributed by atoms with Crippen molar-refractivity contribution in [1.29, 1.82) is 0 Å². The Morgan fingerprint density at radius 1 is 1.18 bits per heavy atom. The summed E-state index contributed by atoms with van der Waals surface area (Å²) < 4.78 is 0. The molecule has 0 fully saturated rings. The van der Waals surface area contributed by atoms with Gasteiger partial charge < -0.3 is 10.6 Å². The van der Waals surface area contributed by atoms with E-state index in [9.17, 15) is 9.59 Å². The minimum absolute atomic E-state index is 0.141. The van der Waals surface area contributed by atoms with E-state index in [1.54, 1.807) is 49.5 Å². The van der Waals surface area contributed by atoms with Gasteiger partial charge in [-0.2, -0.15) is 0 Å². The van der Waals surface area contributed by atoms with Crippen LogP contribution in [0.4, 0.5) is 5.69 Å². The van der Waals surface area contributed by atoms with Crippen molar-refractivity contribution in [3.63, 3.8) is 0 Å². The molecule has 5 heteroatoms. The molecular formula is C17H13ClN2O2. The van der Waals surface area contributed by atoms with Crippen molar-refractivity contribution in [2.75, 3.05) is 12.4 Å². The lowest BCUT2D eigenvalue weighted by Crippen LogP contribution is -2.17. The smallest absolute Gasteiger partial charge is 0.256 e. The van der Waals surface area contributed by atoms with E-state index in [0.29, 0.717) is 21.8 Å². The number of nitrogens with one attached hydrogen (secondary N) is 2. The molecule has 2 amide bonds. The second kappa shape index (κ2) is 5.66. The number of carbonyl (C=O) groups excluding carboxylic acids is 2. The number of amides is 2. The summed E-state index contributed by atoms with van der Waals surface area (Å²) in [6.45, 7) is 0. The molecule has 1 aliphatic rings. The van der Waals surface area contributed by atoms with Gasteiger partial charge in [0.15, 0.2) is 0 Å². The molecule has 3 rings (SSSR count). The second-order valence-corrected chi connectivity index (χ2v) is 5.34. The lowest BCUT2D eigenvalue weighted by Gasteiger charge is -2.02. The highest BCUT2D eigenvalue weighted by Crippen LogP contribution is 2.34. The molecule has 0 atom stereocenters. The molecule has 0 saturated heterocycles. The highest BCUT2D eigenvalue weighted by atomic mass is 35.5. The Bertz CT molecular complexity index is 795. The van der Waals surface area contributed by atoms with Gasteiger partial charge in [0, 0.05) is 28.8 Å². The van der Waals surface area contributed by atoms with Crippen molar-refractivity contribution in [3.05, 3.63) is 64.2 Å². The van der Waals surface area contributed by atoms with Gasteiger partial charge in [-0.25, -0.2) is 0 Å². The van der Waals surface area contributed by atoms with Gasteiger partial charge in [-0.15, -0.1) is 0 Å². The van der Waals surface area contributed by atoms with Gasteiger partial charge in [0.25, 0.3) is 11.8 Å². The highest BCUT2D eigenvalue weighted by Gasteiger charge is 2.23. The first-order valence-electron chi connectivity index (χ1n) is 6.73. The summed E-state index contributed by atoms with van der Waals surface area (Å²) in [6.07, 6.45) is 1.79. The van der Waals surface area contributed by atoms with Crippen LogP contribution in [-0.4, -0.2) is 18.9 Å². The monoisotopic (exact) mass is 312 g/mol. The average Bonchev–Trinajstić information content (AvgIpc) is 2.82. The van der Waals surface area contributed by atoms with Gasteiger partial charge in [0.2, 0.25) is 0 Å². The maximum absolute atomic E-state index is 12.1. The zero-order chi connectivity index (χ0) is 15.7. The number of carbonyl (C=O) groups is 2. The predicted octanol–water partition coefficient (Wildman–Crippen LogP) is 3.19. The third-order valence-electron chi connectivity index (χ3n) is 3.48. The van der Waals surface area contributed by atoms with Crippen LogP contribution in [0.3, 0.4) is 0 Å². The Balaban J connectivity index is 1.96. The fourth-order valence-electron chi connectivity index (χ4n) is 2.35. The first-order valence-corrected chi connectivity index (χ1v) is 7.11. The highest BCUT2D eigenvalue weighted by molar-refractivity contribution is 6.36. The summed E-state index contributed by atoms with van der Waals surface area (Å²) in [7, 11) is 1.59. The molecule has 2 aromatic rings. The normalized spacial score (nSPS) is 14.6. The van der Waals surface area contributed by atoms with E-state index < -0.39 is 0 Å². The summed E-state index contributed by atoms with van der Waals surface area (Å²) in [5.41, 5.74) is 3.54. The number of anilines is 1. The van der Waals surface area contributed by atoms with E-state index in [0.717, 1.165) is 11.1 Å². The van der Waals surface area contributed by atoms with Crippen LogP contribution in [0.25, 0.3) is 11.6 Å². The van der Waals surface area contributed by atoms with E-state index in [4.69, 9.17) is 11.6 Å². The number of fused-ring (bicyclic) bond motifs is 1. The molecule has 22 heavy (non-hydrogen) atoms. The van der Waals surface area contributed by atoms with Crippen molar-refractivity contribution in [2.45, 2.75) is 0 Å². The standard InChI is InChI=1S/C17H13ClN2O2/c1-19-16(21)11-4-2-10(3-5-11)8-14-13-7-6-12(18)9-15(13)20-17(14)22/h2-9H,1H3,(H,19,21)(H,20,22). The van der Waals surface area contributed by atoms with Crippen molar-refractivity contribution in [3.8, 4) is 0 Å². The third kappa shape index (κ3) is 2.61. The largest absolute Gasteiger partial charge is 0.355 e. The molecule has 1 aliphatic heterocycles. The molecule has 0 aliphatic carbocycles. The van der Waals surface area contributed by atoms with Crippen LogP contribution >= 0.6 is 11.6 Å². The van der Waals surface area contributed by atoms with E-state index >= 15 is 0 Å².